The summed E-state index contributed by atoms with van der Waals surface area (Å²) in [7, 11) is 0. The van der Waals surface area contributed by atoms with E-state index in [-0.39, 0.29) is 24.4 Å². The maximum atomic E-state index is 12.9. The average Bonchev–Trinajstić information content (AvgIpc) is 3.44. The smallest absolute Gasteiger partial charge is 0.253 e. The molecule has 194 valence electrons. The molecule has 4 aromatic rings. The minimum absolute atomic E-state index is 0. The Kier molecular flexibility index (Phi) is 8.87. The van der Waals surface area contributed by atoms with Gasteiger partial charge in [0.05, 0.1) is 18.1 Å². The number of hydrogen-bond acceptors (Lipinski definition) is 6. The highest BCUT2D eigenvalue weighted by Crippen LogP contribution is 2.34. The molecule has 0 bridgehead atoms. The summed E-state index contributed by atoms with van der Waals surface area (Å²) >= 11 is 0. The summed E-state index contributed by atoms with van der Waals surface area (Å²) in [4.78, 5) is 28.7. The Morgan fingerprint density at radius 3 is 2.38 bits per heavy atom. The monoisotopic (exact) mass is 519 g/mol. The number of pyridine rings is 1. The van der Waals surface area contributed by atoms with Gasteiger partial charge in [0.25, 0.3) is 5.91 Å². The Morgan fingerprint density at radius 1 is 0.973 bits per heavy atom. The van der Waals surface area contributed by atoms with E-state index in [9.17, 15) is 4.79 Å². The van der Waals surface area contributed by atoms with E-state index in [0.717, 1.165) is 55.0 Å². The number of piperazine rings is 1. The summed E-state index contributed by atoms with van der Waals surface area (Å²) in [6.45, 7) is 9.94. The minimum atomic E-state index is 0. The lowest BCUT2D eigenvalue weighted by atomic mass is 9.93. The van der Waals surface area contributed by atoms with Gasteiger partial charge in [0, 0.05) is 62.0 Å². The van der Waals surface area contributed by atoms with E-state index >= 15 is 0 Å². The quantitative estimate of drug-likeness (QED) is 0.376. The number of para-hydroxylation sites is 1. The van der Waals surface area contributed by atoms with Crippen LogP contribution < -0.4 is 0 Å². The molecule has 0 aliphatic carbocycles. The number of carbonyl (C=O) groups is 1. The van der Waals surface area contributed by atoms with E-state index in [2.05, 4.69) is 61.4 Å². The minimum Gasteiger partial charge on any atom is -0.339 e. The van der Waals surface area contributed by atoms with Crippen molar-refractivity contribution in [3.63, 3.8) is 0 Å². The van der Waals surface area contributed by atoms with E-state index in [1.54, 1.807) is 6.33 Å². The SMILES string of the molecule is CCN(CC)C(=O)c1ccc(C(c2cccc3cccnc23)N2CCN(Cc3ncn[nH]3)CC2)cc1.Cl. The van der Waals surface area contributed by atoms with Crippen LogP contribution in [0.3, 0.4) is 0 Å². The topological polar surface area (TPSA) is 81.2 Å². The van der Waals surface area contributed by atoms with Gasteiger partial charge in [-0.3, -0.25) is 24.7 Å². The first-order chi connectivity index (χ1) is 17.7. The van der Waals surface area contributed by atoms with Crippen LogP contribution in [0, 0.1) is 0 Å². The van der Waals surface area contributed by atoms with Crippen LogP contribution in [0.15, 0.2) is 67.1 Å². The Bertz CT molecular complexity index is 1280. The molecular weight excluding hydrogens is 486 g/mol. The Morgan fingerprint density at radius 2 is 1.70 bits per heavy atom. The third-order valence-corrected chi connectivity index (χ3v) is 7.09. The average molecular weight is 520 g/mol. The Labute approximate surface area is 224 Å². The van der Waals surface area contributed by atoms with E-state index in [1.165, 1.54) is 11.1 Å². The number of aromatic amines is 1. The molecule has 1 unspecified atom stereocenters. The molecule has 0 spiro atoms. The molecule has 37 heavy (non-hydrogen) atoms. The second-order valence-corrected chi connectivity index (χ2v) is 9.17. The number of amides is 1. The van der Waals surface area contributed by atoms with Crippen LogP contribution in [0.2, 0.25) is 0 Å². The standard InChI is InChI=1S/C28H33N7O.ClH/c1-3-34(4-2)28(36)23-12-10-22(11-13-23)27(24-9-5-7-21-8-6-14-29-26(21)24)35-17-15-33(16-18-35)19-25-30-20-31-32-25;/h5-14,20,27H,3-4,15-19H2,1-2H3,(H,30,31,32);1H. The normalized spacial score (nSPS) is 15.3. The number of carbonyl (C=O) groups excluding carboxylic acids is 1. The van der Waals surface area contributed by atoms with Gasteiger partial charge in [0.1, 0.15) is 12.2 Å². The first-order valence-corrected chi connectivity index (χ1v) is 12.7. The number of aromatic nitrogens is 4. The molecule has 1 amide bonds. The van der Waals surface area contributed by atoms with E-state index in [4.69, 9.17) is 4.98 Å². The third kappa shape index (κ3) is 5.82. The number of halogens is 1. The highest BCUT2D eigenvalue weighted by atomic mass is 35.5. The van der Waals surface area contributed by atoms with Crippen molar-refractivity contribution in [1.29, 1.82) is 0 Å². The van der Waals surface area contributed by atoms with E-state index in [1.807, 2.05) is 43.1 Å². The van der Waals surface area contributed by atoms with Gasteiger partial charge in [-0.25, -0.2) is 4.98 Å². The molecular formula is C28H34ClN7O. The van der Waals surface area contributed by atoms with Crippen molar-refractivity contribution in [2.45, 2.75) is 26.4 Å². The molecule has 0 radical (unpaired) electrons. The maximum Gasteiger partial charge on any atom is 0.253 e. The van der Waals surface area contributed by atoms with E-state index < -0.39 is 0 Å². The molecule has 1 aliphatic rings. The lowest BCUT2D eigenvalue weighted by Gasteiger charge is -2.39. The molecule has 1 saturated heterocycles. The summed E-state index contributed by atoms with van der Waals surface area (Å²) in [6, 6.07) is 18.7. The molecule has 0 saturated carbocycles. The zero-order valence-electron chi connectivity index (χ0n) is 21.4. The number of nitrogens with zero attached hydrogens (tertiary/aromatic N) is 6. The van der Waals surface area contributed by atoms with Crippen molar-refractivity contribution < 1.29 is 4.79 Å². The maximum absolute atomic E-state index is 12.9. The van der Waals surface area contributed by atoms with Crippen molar-refractivity contribution in [3.8, 4) is 0 Å². The number of rotatable bonds is 8. The molecule has 1 atom stereocenters. The molecule has 3 heterocycles. The molecule has 2 aromatic heterocycles. The molecule has 5 rings (SSSR count). The summed E-state index contributed by atoms with van der Waals surface area (Å²) in [6.07, 6.45) is 3.42. The third-order valence-electron chi connectivity index (χ3n) is 7.09. The van der Waals surface area contributed by atoms with Gasteiger partial charge in [-0.1, -0.05) is 36.4 Å². The van der Waals surface area contributed by atoms with E-state index in [0.29, 0.717) is 13.1 Å². The number of nitrogens with one attached hydrogen (secondary N) is 1. The Balaban J connectivity index is 0.00000320. The molecule has 1 N–H and O–H groups in total. The number of fused-ring (bicyclic) bond motifs is 1. The Hall–Kier alpha value is -3.33. The first kappa shape index (κ1) is 26.7. The lowest BCUT2D eigenvalue weighted by Crippen LogP contribution is -2.47. The van der Waals surface area contributed by atoms with Crippen LogP contribution in [0.25, 0.3) is 10.9 Å². The fraction of sp³-hybridized carbons (Fsp3) is 0.357. The number of benzene rings is 2. The van der Waals surface area contributed by atoms with Gasteiger partial charge in [0.2, 0.25) is 0 Å². The van der Waals surface area contributed by atoms with Gasteiger partial charge in [-0.2, -0.15) is 5.10 Å². The first-order valence-electron chi connectivity index (χ1n) is 12.7. The fourth-order valence-electron chi connectivity index (χ4n) is 5.14. The molecule has 2 aromatic carbocycles. The molecule has 9 heteroatoms. The van der Waals surface area contributed by atoms with Gasteiger partial charge < -0.3 is 4.90 Å². The predicted molar refractivity (Wildman–Crippen MR) is 148 cm³/mol. The zero-order valence-corrected chi connectivity index (χ0v) is 22.2. The molecule has 1 aliphatic heterocycles. The number of hydrogen-bond donors (Lipinski definition) is 1. The van der Waals surface area contributed by atoms with Crippen LogP contribution in [0.5, 0.6) is 0 Å². The van der Waals surface area contributed by atoms with Crippen LogP contribution in [-0.2, 0) is 6.54 Å². The summed E-state index contributed by atoms with van der Waals surface area (Å²) in [5, 5.41) is 8.07. The second kappa shape index (κ2) is 12.3. The van der Waals surface area contributed by atoms with Crippen molar-refractivity contribution in [2.75, 3.05) is 39.3 Å². The summed E-state index contributed by atoms with van der Waals surface area (Å²) in [5.74, 6) is 0.975. The fourth-order valence-corrected chi connectivity index (χ4v) is 5.14. The van der Waals surface area contributed by atoms with Gasteiger partial charge in [-0.05, 0) is 37.6 Å². The van der Waals surface area contributed by atoms with Crippen molar-refractivity contribution in [1.82, 2.24) is 34.9 Å². The van der Waals surface area contributed by atoms with Gasteiger partial charge in [-0.15, -0.1) is 12.4 Å². The summed E-state index contributed by atoms with van der Waals surface area (Å²) in [5.41, 5.74) is 4.12. The highest BCUT2D eigenvalue weighted by molar-refractivity contribution is 5.94. The van der Waals surface area contributed by atoms with Crippen molar-refractivity contribution in [2.24, 2.45) is 0 Å². The predicted octanol–water partition coefficient (Wildman–Crippen LogP) is 4.16. The van der Waals surface area contributed by atoms with Crippen LogP contribution >= 0.6 is 12.4 Å². The number of H-pyrrole nitrogens is 1. The second-order valence-electron chi connectivity index (χ2n) is 9.17. The van der Waals surface area contributed by atoms with Crippen molar-refractivity contribution >= 4 is 29.2 Å². The molecule has 1 fully saturated rings. The summed E-state index contributed by atoms with van der Waals surface area (Å²) < 4.78 is 0. The zero-order chi connectivity index (χ0) is 24.9. The van der Waals surface area contributed by atoms with Crippen LogP contribution in [-0.4, -0.2) is 80.0 Å². The molecule has 8 nitrogen and oxygen atoms in total. The highest BCUT2D eigenvalue weighted by Gasteiger charge is 2.28. The van der Waals surface area contributed by atoms with Crippen LogP contribution in [0.1, 0.15) is 47.2 Å². The van der Waals surface area contributed by atoms with Crippen LogP contribution in [0.4, 0.5) is 0 Å². The van der Waals surface area contributed by atoms with Gasteiger partial charge >= 0.3 is 0 Å². The van der Waals surface area contributed by atoms with Crippen molar-refractivity contribution in [3.05, 3.63) is 89.6 Å². The largest absolute Gasteiger partial charge is 0.339 e. The van der Waals surface area contributed by atoms with Gasteiger partial charge in [0.15, 0.2) is 0 Å². The lowest BCUT2D eigenvalue weighted by molar-refractivity contribution is 0.0773.